The van der Waals surface area contributed by atoms with Gasteiger partial charge in [-0.05, 0) is 79.7 Å². The largest absolute Gasteiger partial charge is 0.508 e. The maximum Gasteiger partial charge on any atom is 0.416 e. The third-order valence-corrected chi connectivity index (χ3v) is 7.75. The number of imidazole rings is 1. The average Bonchev–Trinajstić information content (AvgIpc) is 3.42. The number of nitrogens with zero attached hydrogens (tertiary/aromatic N) is 4. The highest BCUT2D eigenvalue weighted by Gasteiger charge is 2.40. The molecule has 4 aromatic rings. The minimum absolute atomic E-state index is 0.00639. The number of nitrogens with two attached hydrogens (primary N) is 1. The fourth-order valence-corrected chi connectivity index (χ4v) is 4.92. The minimum atomic E-state index is -4.61. The van der Waals surface area contributed by atoms with Crippen molar-refractivity contribution < 1.29 is 23.1 Å². The number of nitriles is 1. The molecule has 3 aromatic carbocycles. The first kappa shape index (κ1) is 32.2. The Hall–Kier alpha value is -4.73. The van der Waals surface area contributed by atoms with Gasteiger partial charge in [-0.1, -0.05) is 30.3 Å². The molecular weight excluding hydrogens is 589 g/mol. The van der Waals surface area contributed by atoms with Crippen molar-refractivity contribution in [2.24, 2.45) is 11.1 Å². The van der Waals surface area contributed by atoms with Crippen LogP contribution in [0.25, 0.3) is 0 Å². The predicted octanol–water partition coefficient (Wildman–Crippen LogP) is 5.85. The molecule has 0 fully saturated rings. The smallest absolute Gasteiger partial charge is 0.416 e. The summed E-state index contributed by atoms with van der Waals surface area (Å²) in [5.74, 6) is -0.243. The predicted molar refractivity (Wildman–Crippen MR) is 164 cm³/mol. The topological polar surface area (TPSA) is 120 Å². The van der Waals surface area contributed by atoms with Crippen LogP contribution in [0.4, 0.5) is 18.9 Å². The molecule has 1 atom stereocenters. The SMILES string of the molecule is CC(C)(C(=O)Cc1cncn1Cc1ccc(C#N)cc1)C(N)N(Cc1ccccc1C(F)(F)F)C(=S)Nc1ccc(O)cc1. The van der Waals surface area contributed by atoms with Crippen LogP contribution >= 0.6 is 12.2 Å². The van der Waals surface area contributed by atoms with E-state index in [1.807, 2.05) is 16.7 Å². The van der Waals surface area contributed by atoms with Gasteiger partial charge in [0.15, 0.2) is 5.11 Å². The third kappa shape index (κ3) is 7.61. The van der Waals surface area contributed by atoms with Crippen LogP contribution in [0.1, 0.15) is 41.8 Å². The number of thiocarbonyl (C=S) groups is 1. The molecule has 12 heteroatoms. The normalized spacial score (nSPS) is 12.3. The fourth-order valence-electron chi connectivity index (χ4n) is 4.62. The second-order valence-corrected chi connectivity index (χ2v) is 11.2. The van der Waals surface area contributed by atoms with Crippen molar-refractivity contribution in [1.82, 2.24) is 14.5 Å². The van der Waals surface area contributed by atoms with Crippen molar-refractivity contribution in [2.45, 2.75) is 45.7 Å². The van der Waals surface area contributed by atoms with E-state index >= 15 is 0 Å². The van der Waals surface area contributed by atoms with Gasteiger partial charge in [0.2, 0.25) is 0 Å². The van der Waals surface area contributed by atoms with Crippen LogP contribution in [-0.2, 0) is 30.5 Å². The van der Waals surface area contributed by atoms with E-state index in [0.29, 0.717) is 23.5 Å². The van der Waals surface area contributed by atoms with Crippen LogP contribution in [0, 0.1) is 16.7 Å². The van der Waals surface area contributed by atoms with Crippen molar-refractivity contribution in [3.63, 3.8) is 0 Å². The van der Waals surface area contributed by atoms with Crippen molar-refractivity contribution in [1.29, 1.82) is 5.26 Å². The Morgan fingerprint density at radius 1 is 1.11 bits per heavy atom. The van der Waals surface area contributed by atoms with Gasteiger partial charge in [0.25, 0.3) is 0 Å². The number of alkyl halides is 3. The van der Waals surface area contributed by atoms with Gasteiger partial charge in [-0.15, -0.1) is 0 Å². The summed E-state index contributed by atoms with van der Waals surface area (Å²) in [6, 6.07) is 20.3. The van der Waals surface area contributed by atoms with Gasteiger partial charge >= 0.3 is 6.18 Å². The molecule has 1 aromatic heterocycles. The molecule has 8 nitrogen and oxygen atoms in total. The Kier molecular flexibility index (Phi) is 9.71. The van der Waals surface area contributed by atoms with E-state index in [1.165, 1.54) is 35.2 Å². The number of carbonyl (C=O) groups excluding carboxylic acids is 1. The molecule has 0 radical (unpaired) electrons. The van der Waals surface area contributed by atoms with Gasteiger partial charge in [0.1, 0.15) is 11.5 Å². The first-order valence-corrected chi connectivity index (χ1v) is 14.0. The standard InChI is InChI=1S/C32H31F3N6O2S/c1-31(2,28(43)15-25-17-38-20-40(25)18-22-9-7-21(16-36)8-10-22)29(37)41(30(44)39-24-11-13-26(42)14-12-24)19-23-5-3-4-6-27(23)32(33,34)35/h3-14,17,20,29,42H,15,18-19,37H2,1-2H3,(H,39,44). The number of phenolic OH excluding ortho intramolecular Hbond substituents is 1. The van der Waals surface area contributed by atoms with Crippen molar-refractivity contribution in [2.75, 3.05) is 5.32 Å². The quantitative estimate of drug-likeness (QED) is 0.115. The van der Waals surface area contributed by atoms with E-state index in [9.17, 15) is 23.1 Å². The Labute approximate surface area is 258 Å². The van der Waals surface area contributed by atoms with Gasteiger partial charge in [-0.25, -0.2) is 4.98 Å². The van der Waals surface area contributed by atoms with Gasteiger partial charge in [-0.2, -0.15) is 18.4 Å². The monoisotopic (exact) mass is 620 g/mol. The number of hydrogen-bond donors (Lipinski definition) is 3. The Bertz CT molecular complexity index is 1660. The number of hydrogen-bond acceptors (Lipinski definition) is 6. The number of aromatic hydroxyl groups is 1. The van der Waals surface area contributed by atoms with E-state index in [4.69, 9.17) is 23.2 Å². The number of nitrogens with one attached hydrogen (secondary N) is 1. The summed E-state index contributed by atoms with van der Waals surface area (Å²) < 4.78 is 43.5. The molecule has 0 aliphatic carbocycles. The maximum atomic E-state index is 13.9. The second kappa shape index (κ2) is 13.3. The number of phenols is 1. The summed E-state index contributed by atoms with van der Waals surface area (Å²) >= 11 is 5.63. The summed E-state index contributed by atoms with van der Waals surface area (Å²) in [4.78, 5) is 19.4. The lowest BCUT2D eigenvalue weighted by molar-refractivity contribution is -0.138. The van der Waals surface area contributed by atoms with Crippen LogP contribution in [0.15, 0.2) is 85.3 Å². The summed E-state index contributed by atoms with van der Waals surface area (Å²) in [5, 5.41) is 21.7. The Morgan fingerprint density at radius 2 is 1.77 bits per heavy atom. The summed E-state index contributed by atoms with van der Waals surface area (Å²) in [6.45, 7) is 3.36. The molecule has 1 unspecified atom stereocenters. The third-order valence-electron chi connectivity index (χ3n) is 7.41. The van der Waals surface area contributed by atoms with Crippen LogP contribution in [0.2, 0.25) is 0 Å². The first-order valence-electron chi connectivity index (χ1n) is 13.6. The van der Waals surface area contributed by atoms with Crippen LogP contribution in [-0.4, -0.2) is 36.6 Å². The number of rotatable bonds is 10. The molecule has 0 spiro atoms. The zero-order valence-electron chi connectivity index (χ0n) is 24.0. The second-order valence-electron chi connectivity index (χ2n) is 10.8. The Morgan fingerprint density at radius 3 is 2.41 bits per heavy atom. The average molecular weight is 621 g/mol. The molecule has 4 rings (SSSR count). The summed E-state index contributed by atoms with van der Waals surface area (Å²) in [6.07, 6.45) is -2.61. The van der Waals surface area contributed by atoms with Crippen molar-refractivity contribution in [3.05, 3.63) is 113 Å². The molecule has 0 bridgehead atoms. The summed E-state index contributed by atoms with van der Waals surface area (Å²) in [5.41, 5.74) is 7.08. The van der Waals surface area contributed by atoms with Crippen LogP contribution < -0.4 is 11.1 Å². The molecule has 0 saturated heterocycles. The first-order chi connectivity index (χ1) is 20.8. The Balaban J connectivity index is 1.60. The van der Waals surface area contributed by atoms with Gasteiger partial charge in [0.05, 0.1) is 35.1 Å². The molecule has 1 heterocycles. The van der Waals surface area contributed by atoms with Gasteiger partial charge in [-0.3, -0.25) is 4.79 Å². The summed E-state index contributed by atoms with van der Waals surface area (Å²) in [7, 11) is 0. The van der Waals surface area contributed by atoms with Crippen LogP contribution in [0.5, 0.6) is 5.75 Å². The fraction of sp³-hybridized carbons (Fsp3) is 0.250. The lowest BCUT2D eigenvalue weighted by Gasteiger charge is -2.40. The molecule has 0 aliphatic heterocycles. The highest BCUT2D eigenvalue weighted by molar-refractivity contribution is 7.80. The number of ketones is 1. The molecule has 228 valence electrons. The molecule has 0 saturated carbocycles. The zero-order chi connectivity index (χ0) is 32.1. The number of aromatic nitrogens is 2. The maximum absolute atomic E-state index is 13.9. The highest BCUT2D eigenvalue weighted by atomic mass is 32.1. The molecule has 0 amide bonds. The van der Waals surface area contributed by atoms with Gasteiger partial charge < -0.3 is 25.6 Å². The van der Waals surface area contributed by atoms with E-state index in [0.717, 1.165) is 11.6 Å². The highest BCUT2D eigenvalue weighted by Crippen LogP contribution is 2.34. The molecule has 44 heavy (non-hydrogen) atoms. The number of carbonyl (C=O) groups is 1. The van der Waals surface area contributed by atoms with E-state index in [1.54, 1.807) is 50.6 Å². The lowest BCUT2D eigenvalue weighted by atomic mass is 9.82. The number of halogens is 3. The van der Waals surface area contributed by atoms with Crippen LogP contribution in [0.3, 0.4) is 0 Å². The van der Waals surface area contributed by atoms with E-state index in [-0.39, 0.29) is 35.2 Å². The van der Waals surface area contributed by atoms with E-state index < -0.39 is 23.3 Å². The number of Topliss-reactive ketones (excluding diaryl/α,β-unsaturated/α-hetero) is 1. The van der Waals surface area contributed by atoms with Gasteiger partial charge in [0, 0.05) is 37.1 Å². The molecule has 4 N–H and O–H groups in total. The lowest BCUT2D eigenvalue weighted by Crippen LogP contribution is -2.57. The van der Waals surface area contributed by atoms with E-state index in [2.05, 4.69) is 16.4 Å². The molecule has 0 aliphatic rings. The zero-order valence-corrected chi connectivity index (χ0v) is 24.9. The van der Waals surface area contributed by atoms with Crippen molar-refractivity contribution >= 4 is 28.8 Å². The molecular formula is C32H31F3N6O2S. The van der Waals surface area contributed by atoms with Crippen molar-refractivity contribution in [3.8, 4) is 11.8 Å². The number of anilines is 1. The minimum Gasteiger partial charge on any atom is -0.508 e. The number of benzene rings is 3.